The summed E-state index contributed by atoms with van der Waals surface area (Å²) in [6, 6.07) is 13.0. The van der Waals surface area contributed by atoms with Crippen LogP contribution in [0.15, 0.2) is 48.7 Å². The van der Waals surface area contributed by atoms with E-state index in [4.69, 9.17) is 21.1 Å². The van der Waals surface area contributed by atoms with Crippen LogP contribution in [0, 0.1) is 5.41 Å². The van der Waals surface area contributed by atoms with Gasteiger partial charge in [0, 0.05) is 42.9 Å². The van der Waals surface area contributed by atoms with Crippen molar-refractivity contribution in [3.05, 3.63) is 70.4 Å². The van der Waals surface area contributed by atoms with Crippen molar-refractivity contribution in [3.8, 4) is 5.75 Å². The number of aliphatic hydroxyl groups is 1. The molecular weight excluding hydrogens is 592 g/mol. The Morgan fingerprint density at radius 3 is 2.33 bits per heavy atom. The van der Waals surface area contributed by atoms with Crippen LogP contribution in [0.5, 0.6) is 5.75 Å². The molecule has 0 bridgehead atoms. The molecule has 1 heterocycles. The Bertz CT molecular complexity index is 1310. The Hall–Kier alpha value is -3.43. The lowest BCUT2D eigenvalue weighted by molar-refractivity contribution is 0.0524. The summed E-state index contributed by atoms with van der Waals surface area (Å²) in [6.45, 7) is 17.2. The van der Waals surface area contributed by atoms with E-state index in [2.05, 4.69) is 72.1 Å². The number of halogens is 1. The van der Waals surface area contributed by atoms with Crippen molar-refractivity contribution in [1.29, 1.82) is 0 Å². The fourth-order valence-corrected chi connectivity index (χ4v) is 5.31. The maximum Gasteiger partial charge on any atom is 0.407 e. The molecular formula is C35H51ClN4O5. The van der Waals surface area contributed by atoms with Gasteiger partial charge in [-0.2, -0.15) is 0 Å². The van der Waals surface area contributed by atoms with E-state index in [1.165, 1.54) is 0 Å². The molecule has 0 saturated carbocycles. The zero-order valence-electron chi connectivity index (χ0n) is 28.0. The van der Waals surface area contributed by atoms with Crippen molar-refractivity contribution >= 4 is 29.3 Å². The highest BCUT2D eigenvalue weighted by Crippen LogP contribution is 2.31. The average Bonchev–Trinajstić information content (AvgIpc) is 3.36. The number of rotatable bonds is 13. The maximum absolute atomic E-state index is 13.0. The molecule has 1 aliphatic heterocycles. The molecule has 2 aromatic carbocycles. The Morgan fingerprint density at radius 1 is 1.07 bits per heavy atom. The maximum atomic E-state index is 13.0. The number of carbonyl (C=O) groups excluding carboxylic acids is 2. The lowest BCUT2D eigenvalue weighted by atomic mass is 9.91. The van der Waals surface area contributed by atoms with Crippen LogP contribution in [0.25, 0.3) is 5.70 Å². The largest absolute Gasteiger partial charge is 0.489 e. The highest BCUT2D eigenvalue weighted by Gasteiger charge is 2.34. The molecule has 2 aromatic rings. The molecule has 2 atom stereocenters. The smallest absolute Gasteiger partial charge is 0.407 e. The Morgan fingerprint density at radius 2 is 1.76 bits per heavy atom. The Kier molecular flexibility index (Phi) is 12.6. The van der Waals surface area contributed by atoms with Crippen molar-refractivity contribution in [2.75, 3.05) is 19.7 Å². The van der Waals surface area contributed by atoms with Crippen LogP contribution >= 0.6 is 11.6 Å². The van der Waals surface area contributed by atoms with Gasteiger partial charge in [0.25, 0.3) is 5.91 Å². The number of nitrogens with zero attached hydrogens (tertiary/aromatic N) is 1. The summed E-state index contributed by atoms with van der Waals surface area (Å²) in [5.74, 6) is 0.284. The molecule has 2 unspecified atom stereocenters. The molecule has 0 aromatic heterocycles. The third-order valence-corrected chi connectivity index (χ3v) is 7.41. The summed E-state index contributed by atoms with van der Waals surface area (Å²) in [7, 11) is 0. The van der Waals surface area contributed by atoms with Crippen LogP contribution in [-0.4, -0.2) is 65.6 Å². The van der Waals surface area contributed by atoms with E-state index in [1.807, 2.05) is 34.6 Å². The van der Waals surface area contributed by atoms with E-state index in [0.717, 1.165) is 29.8 Å². The summed E-state index contributed by atoms with van der Waals surface area (Å²) in [6.07, 6.45) is 3.59. The second-order valence-electron chi connectivity index (χ2n) is 13.9. The summed E-state index contributed by atoms with van der Waals surface area (Å²) < 4.78 is 11.0. The van der Waals surface area contributed by atoms with Gasteiger partial charge in [-0.3, -0.25) is 4.79 Å². The van der Waals surface area contributed by atoms with Gasteiger partial charge in [-0.25, -0.2) is 4.79 Å². The number of carbonyl (C=O) groups is 2. The van der Waals surface area contributed by atoms with Gasteiger partial charge < -0.3 is 35.4 Å². The minimum Gasteiger partial charge on any atom is -0.489 e. The molecule has 0 fully saturated rings. The molecule has 1 aliphatic rings. The van der Waals surface area contributed by atoms with E-state index in [-0.39, 0.29) is 36.2 Å². The van der Waals surface area contributed by atoms with Crippen LogP contribution < -0.4 is 20.7 Å². The van der Waals surface area contributed by atoms with Gasteiger partial charge in [0.2, 0.25) is 0 Å². The van der Waals surface area contributed by atoms with Crippen molar-refractivity contribution < 1.29 is 24.2 Å². The second-order valence-corrected chi connectivity index (χ2v) is 14.3. The second kappa shape index (κ2) is 15.7. The first-order valence-electron chi connectivity index (χ1n) is 15.7. The summed E-state index contributed by atoms with van der Waals surface area (Å²) in [5.41, 5.74) is 3.02. The molecule has 10 heteroatoms. The Balaban J connectivity index is 1.62. The van der Waals surface area contributed by atoms with Crippen molar-refractivity contribution in [3.63, 3.8) is 0 Å². The highest BCUT2D eigenvalue weighted by molar-refractivity contribution is 6.32. The van der Waals surface area contributed by atoms with Gasteiger partial charge >= 0.3 is 6.09 Å². The lowest BCUT2D eigenvalue weighted by Gasteiger charge is -2.36. The molecule has 4 N–H and O–H groups in total. The van der Waals surface area contributed by atoms with Gasteiger partial charge in [-0.1, -0.05) is 56.6 Å². The number of nitrogens with one attached hydrogen (secondary N) is 3. The molecule has 248 valence electrons. The van der Waals surface area contributed by atoms with E-state index in [0.29, 0.717) is 35.7 Å². The number of ether oxygens (including phenoxy) is 2. The summed E-state index contributed by atoms with van der Waals surface area (Å²) in [4.78, 5) is 27.3. The quantitative estimate of drug-likeness (QED) is 0.189. The molecule has 2 amide bonds. The van der Waals surface area contributed by atoms with E-state index >= 15 is 0 Å². The van der Waals surface area contributed by atoms with E-state index in [1.54, 1.807) is 18.2 Å². The fraction of sp³-hybridized carbons (Fsp3) is 0.543. The van der Waals surface area contributed by atoms with Gasteiger partial charge in [-0.05, 0) is 83.2 Å². The van der Waals surface area contributed by atoms with Crippen LogP contribution in [0.1, 0.15) is 89.7 Å². The number of hydrogen-bond donors (Lipinski definition) is 4. The first kappa shape index (κ1) is 36.0. The standard InChI is InChI=1S/C35H51ClN4O5/c1-23(2)44-30-15-14-26(21-28(30)36)31(42)38-27(16-19-41)20-24-10-12-25(13-11-24)29-22-40(32(39-29)34(3,4)5)18-9-17-37-33(43)45-35(6,7)8/h10-15,21-23,27,32,39,41H,9,16-20H2,1-8H3,(H,37,43)(H,38,42). The minimum absolute atomic E-state index is 0.0260. The monoisotopic (exact) mass is 642 g/mol. The fourth-order valence-electron chi connectivity index (χ4n) is 5.09. The predicted octanol–water partition coefficient (Wildman–Crippen LogP) is 6.34. The summed E-state index contributed by atoms with van der Waals surface area (Å²) in [5, 5.41) is 19.6. The van der Waals surface area contributed by atoms with Crippen molar-refractivity contribution in [2.45, 2.75) is 98.6 Å². The minimum atomic E-state index is -0.522. The molecule has 3 rings (SSSR count). The lowest BCUT2D eigenvalue weighted by Crippen LogP contribution is -2.46. The normalized spacial score (nSPS) is 15.8. The molecule has 45 heavy (non-hydrogen) atoms. The number of alkyl carbamates (subject to hydrolysis) is 1. The SMILES string of the molecule is CC(C)Oc1ccc(C(=O)NC(CCO)Cc2ccc(C3=CN(CCCNC(=O)OC(C)(C)C)C(C(C)(C)C)N3)cc2)cc1Cl. The third kappa shape index (κ3) is 11.5. The number of benzene rings is 2. The van der Waals surface area contributed by atoms with Gasteiger partial charge in [0.05, 0.1) is 16.8 Å². The topological polar surface area (TPSA) is 112 Å². The molecule has 9 nitrogen and oxygen atoms in total. The average molecular weight is 643 g/mol. The van der Waals surface area contributed by atoms with Gasteiger partial charge in [0.15, 0.2) is 0 Å². The Labute approximate surface area is 273 Å². The number of hydrogen-bond acceptors (Lipinski definition) is 7. The van der Waals surface area contributed by atoms with E-state index < -0.39 is 11.7 Å². The van der Waals surface area contributed by atoms with E-state index in [9.17, 15) is 14.7 Å². The van der Waals surface area contributed by atoms with Crippen molar-refractivity contribution in [1.82, 2.24) is 20.9 Å². The molecule has 0 aliphatic carbocycles. The van der Waals surface area contributed by atoms with Crippen molar-refractivity contribution in [2.24, 2.45) is 5.41 Å². The molecule has 0 saturated heterocycles. The zero-order chi connectivity index (χ0) is 33.4. The number of amides is 2. The zero-order valence-corrected chi connectivity index (χ0v) is 28.8. The molecule has 0 radical (unpaired) electrons. The number of aliphatic hydroxyl groups excluding tert-OH is 1. The van der Waals surface area contributed by atoms with Crippen LogP contribution in [0.4, 0.5) is 4.79 Å². The third-order valence-electron chi connectivity index (χ3n) is 7.12. The highest BCUT2D eigenvalue weighted by atomic mass is 35.5. The van der Waals surface area contributed by atoms with Crippen LogP contribution in [0.2, 0.25) is 5.02 Å². The molecule has 0 spiro atoms. The van der Waals surface area contributed by atoms with Gasteiger partial charge in [-0.15, -0.1) is 0 Å². The van der Waals surface area contributed by atoms with Crippen LogP contribution in [-0.2, 0) is 11.2 Å². The first-order valence-corrected chi connectivity index (χ1v) is 16.1. The van der Waals surface area contributed by atoms with Gasteiger partial charge in [0.1, 0.15) is 17.5 Å². The van der Waals surface area contributed by atoms with Crippen LogP contribution in [0.3, 0.4) is 0 Å². The first-order chi connectivity index (χ1) is 21.1. The predicted molar refractivity (Wildman–Crippen MR) is 180 cm³/mol. The summed E-state index contributed by atoms with van der Waals surface area (Å²) >= 11 is 6.34.